The summed E-state index contributed by atoms with van der Waals surface area (Å²) in [5, 5.41) is 8.64. The fraction of sp³-hybridized carbons (Fsp3) is 0.611. The van der Waals surface area contributed by atoms with Gasteiger partial charge in [-0.2, -0.15) is 10.2 Å². The number of rotatable bonds is 3. The van der Waals surface area contributed by atoms with Crippen molar-refractivity contribution in [1.29, 1.82) is 0 Å². The fourth-order valence-corrected chi connectivity index (χ4v) is 4.41. The predicted octanol–water partition coefficient (Wildman–Crippen LogP) is 2.75. The molecule has 2 bridgehead atoms. The van der Waals surface area contributed by atoms with Gasteiger partial charge >= 0.3 is 0 Å². The molecule has 2 aliphatic heterocycles. The van der Waals surface area contributed by atoms with E-state index in [0.717, 1.165) is 31.2 Å². The maximum atomic E-state index is 13.0. The van der Waals surface area contributed by atoms with E-state index in [0.29, 0.717) is 18.0 Å². The number of piperidine rings is 1. The number of hydrogen-bond donors (Lipinski definition) is 0. The molecule has 0 spiro atoms. The molecule has 2 unspecified atom stereocenters. The Morgan fingerprint density at radius 3 is 2.46 bits per heavy atom. The van der Waals surface area contributed by atoms with Crippen molar-refractivity contribution in [3.63, 3.8) is 0 Å². The molecular formula is C18H25N5O. The Hall–Kier alpha value is -2.11. The van der Waals surface area contributed by atoms with Gasteiger partial charge in [0.05, 0.1) is 11.8 Å². The lowest BCUT2D eigenvalue weighted by Gasteiger charge is -2.38. The zero-order valence-corrected chi connectivity index (χ0v) is 14.6. The molecule has 1 amide bonds. The number of aromatic nitrogens is 4. The van der Waals surface area contributed by atoms with Crippen LogP contribution in [-0.4, -0.2) is 42.5 Å². The number of carbonyl (C=O) groups is 1. The maximum Gasteiger partial charge on any atom is 0.257 e. The van der Waals surface area contributed by atoms with Crippen LogP contribution in [0.25, 0.3) is 0 Å². The van der Waals surface area contributed by atoms with Crippen molar-refractivity contribution in [1.82, 2.24) is 24.5 Å². The summed E-state index contributed by atoms with van der Waals surface area (Å²) >= 11 is 0. The molecule has 4 rings (SSSR count). The minimum Gasteiger partial charge on any atom is -0.333 e. The zero-order chi connectivity index (χ0) is 16.8. The van der Waals surface area contributed by atoms with Crippen LogP contribution in [0.1, 0.15) is 67.5 Å². The van der Waals surface area contributed by atoms with Crippen molar-refractivity contribution < 1.29 is 4.79 Å². The zero-order valence-electron chi connectivity index (χ0n) is 14.6. The molecular weight excluding hydrogens is 302 g/mol. The minimum atomic E-state index is 0.151. The Bertz CT molecular complexity index is 732. The van der Waals surface area contributed by atoms with Gasteiger partial charge < -0.3 is 4.90 Å². The van der Waals surface area contributed by atoms with Crippen LogP contribution in [0.2, 0.25) is 0 Å². The van der Waals surface area contributed by atoms with E-state index in [1.54, 1.807) is 6.20 Å². The molecule has 0 saturated carbocycles. The van der Waals surface area contributed by atoms with Crippen LogP contribution in [0.15, 0.2) is 24.7 Å². The molecule has 2 aliphatic rings. The summed E-state index contributed by atoms with van der Waals surface area (Å²) < 4.78 is 3.84. The number of fused-ring (bicyclic) bond motifs is 2. The first kappa shape index (κ1) is 15.4. The van der Waals surface area contributed by atoms with Crippen LogP contribution >= 0.6 is 0 Å². The Labute approximate surface area is 142 Å². The van der Waals surface area contributed by atoms with E-state index in [1.807, 2.05) is 28.8 Å². The minimum absolute atomic E-state index is 0.151. The Morgan fingerprint density at radius 1 is 1.21 bits per heavy atom. The molecule has 0 aliphatic carbocycles. The van der Waals surface area contributed by atoms with Gasteiger partial charge in [-0.25, -0.2) is 0 Å². The molecule has 0 aromatic carbocycles. The molecule has 2 atom stereocenters. The lowest BCUT2D eigenvalue weighted by atomic mass is 9.87. The van der Waals surface area contributed by atoms with Crippen molar-refractivity contribution in [2.24, 2.45) is 7.05 Å². The van der Waals surface area contributed by atoms with Gasteiger partial charge in [0.15, 0.2) is 0 Å². The molecule has 24 heavy (non-hydrogen) atoms. The van der Waals surface area contributed by atoms with E-state index in [1.165, 1.54) is 5.69 Å². The van der Waals surface area contributed by atoms with Crippen molar-refractivity contribution in [2.75, 3.05) is 0 Å². The smallest absolute Gasteiger partial charge is 0.257 e. The summed E-state index contributed by atoms with van der Waals surface area (Å²) in [5.74, 6) is 0.662. The van der Waals surface area contributed by atoms with Gasteiger partial charge in [0.2, 0.25) is 0 Å². The largest absolute Gasteiger partial charge is 0.333 e. The fourth-order valence-electron chi connectivity index (χ4n) is 4.41. The standard InChI is InChI=1S/C18H25N5O/c1-12(2)22-11-14(10-20-22)18(24)23-15-4-5-16(23)9-13(8-15)17-6-7-19-21(17)3/h6-7,10-13,15-16H,4-5,8-9H2,1-3H3. The lowest BCUT2D eigenvalue weighted by Crippen LogP contribution is -2.46. The molecule has 2 aromatic rings. The van der Waals surface area contributed by atoms with Crippen LogP contribution in [0.3, 0.4) is 0 Å². The third kappa shape index (κ3) is 2.44. The quantitative estimate of drug-likeness (QED) is 0.871. The van der Waals surface area contributed by atoms with Crippen molar-refractivity contribution in [3.8, 4) is 0 Å². The van der Waals surface area contributed by atoms with Gasteiger partial charge in [0.1, 0.15) is 0 Å². The third-order valence-electron chi connectivity index (χ3n) is 5.62. The van der Waals surface area contributed by atoms with E-state index in [2.05, 4.69) is 35.0 Å². The maximum absolute atomic E-state index is 13.0. The summed E-state index contributed by atoms with van der Waals surface area (Å²) in [4.78, 5) is 15.1. The first-order valence-electron chi connectivity index (χ1n) is 8.89. The first-order valence-corrected chi connectivity index (χ1v) is 8.89. The second-order valence-electron chi connectivity index (χ2n) is 7.45. The number of aryl methyl sites for hydroxylation is 1. The Morgan fingerprint density at radius 2 is 1.92 bits per heavy atom. The van der Waals surface area contributed by atoms with Gasteiger partial charge in [-0.05, 0) is 45.6 Å². The normalized spacial score (nSPS) is 26.3. The van der Waals surface area contributed by atoms with Gasteiger partial charge in [-0.3, -0.25) is 14.2 Å². The van der Waals surface area contributed by atoms with Crippen LogP contribution < -0.4 is 0 Å². The molecule has 2 saturated heterocycles. The van der Waals surface area contributed by atoms with Gasteiger partial charge in [0, 0.05) is 49.2 Å². The SMILES string of the molecule is CC(C)n1cc(C(=O)N2C3CCC2CC(c2ccnn2C)C3)cn1. The molecule has 6 nitrogen and oxygen atoms in total. The number of nitrogens with zero attached hydrogens (tertiary/aromatic N) is 5. The van der Waals surface area contributed by atoms with Crippen LogP contribution in [0.5, 0.6) is 0 Å². The highest BCUT2D eigenvalue weighted by atomic mass is 16.2. The third-order valence-corrected chi connectivity index (χ3v) is 5.62. The van der Waals surface area contributed by atoms with Crippen LogP contribution in [-0.2, 0) is 7.05 Å². The number of carbonyl (C=O) groups excluding carboxylic acids is 1. The second kappa shape index (κ2) is 5.76. The van der Waals surface area contributed by atoms with Crippen molar-refractivity contribution >= 4 is 5.91 Å². The molecule has 0 radical (unpaired) electrons. The highest BCUT2D eigenvalue weighted by Gasteiger charge is 2.44. The number of hydrogen-bond acceptors (Lipinski definition) is 3. The van der Waals surface area contributed by atoms with Crippen molar-refractivity contribution in [3.05, 3.63) is 35.9 Å². The van der Waals surface area contributed by atoms with Gasteiger partial charge in [-0.1, -0.05) is 0 Å². The topological polar surface area (TPSA) is 56.0 Å². The second-order valence-corrected chi connectivity index (χ2v) is 7.45. The summed E-state index contributed by atoms with van der Waals surface area (Å²) in [7, 11) is 2.01. The predicted molar refractivity (Wildman–Crippen MR) is 90.8 cm³/mol. The Balaban J connectivity index is 1.53. The highest BCUT2D eigenvalue weighted by molar-refractivity contribution is 5.94. The van der Waals surface area contributed by atoms with Crippen LogP contribution in [0.4, 0.5) is 0 Å². The summed E-state index contributed by atoms with van der Waals surface area (Å²) in [6.45, 7) is 4.15. The number of amides is 1. The highest BCUT2D eigenvalue weighted by Crippen LogP contribution is 2.43. The molecule has 128 valence electrons. The molecule has 6 heteroatoms. The van der Waals surface area contributed by atoms with E-state index in [4.69, 9.17) is 0 Å². The monoisotopic (exact) mass is 327 g/mol. The Kier molecular flexibility index (Phi) is 3.70. The molecule has 2 fully saturated rings. The molecule has 0 N–H and O–H groups in total. The summed E-state index contributed by atoms with van der Waals surface area (Å²) in [6, 6.07) is 3.09. The van der Waals surface area contributed by atoms with E-state index >= 15 is 0 Å². The lowest BCUT2D eigenvalue weighted by molar-refractivity contribution is 0.0568. The summed E-state index contributed by atoms with van der Waals surface area (Å²) in [6.07, 6.45) is 9.79. The van der Waals surface area contributed by atoms with Gasteiger partial charge in [0.25, 0.3) is 5.91 Å². The molecule has 2 aromatic heterocycles. The first-order chi connectivity index (χ1) is 11.5. The van der Waals surface area contributed by atoms with E-state index in [-0.39, 0.29) is 11.9 Å². The van der Waals surface area contributed by atoms with Gasteiger partial charge in [-0.15, -0.1) is 0 Å². The van der Waals surface area contributed by atoms with Crippen molar-refractivity contribution in [2.45, 2.75) is 63.6 Å². The van der Waals surface area contributed by atoms with E-state index in [9.17, 15) is 4.79 Å². The molecule has 4 heterocycles. The van der Waals surface area contributed by atoms with E-state index < -0.39 is 0 Å². The average molecular weight is 327 g/mol. The average Bonchev–Trinajstić information content (AvgIpc) is 3.25. The summed E-state index contributed by atoms with van der Waals surface area (Å²) in [5.41, 5.74) is 2.02. The van der Waals surface area contributed by atoms with Crippen LogP contribution in [0, 0.1) is 0 Å².